The summed E-state index contributed by atoms with van der Waals surface area (Å²) in [7, 11) is -3.29. The van der Waals surface area contributed by atoms with Crippen LogP contribution in [0.3, 0.4) is 0 Å². The van der Waals surface area contributed by atoms with Crippen LogP contribution >= 0.6 is 0 Å². The maximum Gasteiger partial charge on any atom is 0.251 e. The van der Waals surface area contributed by atoms with E-state index in [1.165, 1.54) is 10.7 Å². The van der Waals surface area contributed by atoms with Gasteiger partial charge in [0.05, 0.1) is 11.4 Å². The molecule has 3 rings (SSSR count). The Hall–Kier alpha value is -1.60. The topological polar surface area (TPSA) is 69.7 Å². The van der Waals surface area contributed by atoms with Crippen molar-refractivity contribution in [2.45, 2.75) is 46.5 Å². The number of piperidine rings is 1. The maximum atomic E-state index is 12.6. The van der Waals surface area contributed by atoms with E-state index in [0.717, 1.165) is 49.9 Å². The lowest BCUT2D eigenvalue weighted by atomic mass is 9.92. The molecule has 0 unspecified atom stereocenters. The van der Waals surface area contributed by atoms with E-state index < -0.39 is 10.0 Å². The second kappa shape index (κ2) is 9.47. The molecule has 2 aliphatic heterocycles. The molecule has 1 aromatic carbocycles. The normalized spacial score (nSPS) is 25.0. The molecule has 1 amide bonds. The quantitative estimate of drug-likeness (QED) is 0.717. The molecule has 2 saturated heterocycles. The lowest BCUT2D eigenvalue weighted by Gasteiger charge is -2.34. The molecule has 2 aliphatic rings. The van der Waals surface area contributed by atoms with Crippen molar-refractivity contribution in [1.82, 2.24) is 10.2 Å². The highest BCUT2D eigenvalue weighted by Crippen LogP contribution is 2.28. The molecule has 2 heterocycles. The van der Waals surface area contributed by atoms with Crippen LogP contribution in [0, 0.1) is 18.8 Å². The van der Waals surface area contributed by atoms with E-state index in [0.29, 0.717) is 30.8 Å². The molecule has 2 atom stereocenters. The van der Waals surface area contributed by atoms with Crippen molar-refractivity contribution in [2.75, 3.05) is 42.8 Å². The van der Waals surface area contributed by atoms with Crippen LogP contribution in [0.1, 0.15) is 55.5 Å². The fourth-order valence-corrected chi connectivity index (χ4v) is 6.35. The summed E-state index contributed by atoms with van der Waals surface area (Å²) in [5.74, 6) is 1.52. The zero-order valence-corrected chi connectivity index (χ0v) is 18.8. The van der Waals surface area contributed by atoms with Crippen LogP contribution < -0.4 is 9.62 Å². The number of amides is 1. The standard InChI is InChI=1S/C22H35N3O3S/c1-17-13-18(2)16-24(15-17)10-6-9-23-22(26)20-8-7-19(3)21(14-20)25-11-4-5-12-29(25,27)28/h7-8,14,17-18H,4-6,9-13,15-16H2,1-3H3,(H,23,26)/t17-,18+. The highest BCUT2D eigenvalue weighted by molar-refractivity contribution is 7.92. The summed E-state index contributed by atoms with van der Waals surface area (Å²) in [6.07, 6.45) is 3.77. The number of likely N-dealkylation sites (tertiary alicyclic amines) is 1. The fourth-order valence-electron chi connectivity index (χ4n) is 4.66. The summed E-state index contributed by atoms with van der Waals surface area (Å²) >= 11 is 0. The van der Waals surface area contributed by atoms with E-state index >= 15 is 0 Å². The Kier molecular flexibility index (Phi) is 7.22. The van der Waals surface area contributed by atoms with Gasteiger partial charge in [0.1, 0.15) is 0 Å². The lowest BCUT2D eigenvalue weighted by molar-refractivity contribution is 0.0947. The number of carbonyl (C=O) groups is 1. The number of nitrogens with zero attached hydrogens (tertiary/aromatic N) is 2. The number of rotatable bonds is 6. The molecule has 0 radical (unpaired) electrons. The van der Waals surface area contributed by atoms with Gasteiger partial charge in [-0.1, -0.05) is 19.9 Å². The number of carbonyl (C=O) groups excluding carboxylic acids is 1. The number of aryl methyl sites for hydroxylation is 1. The van der Waals surface area contributed by atoms with Gasteiger partial charge in [0.25, 0.3) is 5.91 Å². The van der Waals surface area contributed by atoms with Crippen molar-refractivity contribution >= 4 is 21.6 Å². The van der Waals surface area contributed by atoms with E-state index in [9.17, 15) is 13.2 Å². The largest absolute Gasteiger partial charge is 0.352 e. The van der Waals surface area contributed by atoms with Crippen LogP contribution in [0.15, 0.2) is 18.2 Å². The predicted octanol–water partition coefficient (Wildman–Crippen LogP) is 3.02. The van der Waals surface area contributed by atoms with Crippen molar-refractivity contribution in [3.63, 3.8) is 0 Å². The van der Waals surface area contributed by atoms with E-state index in [1.807, 2.05) is 13.0 Å². The van der Waals surface area contributed by atoms with E-state index in [-0.39, 0.29) is 11.7 Å². The molecule has 0 bridgehead atoms. The minimum atomic E-state index is -3.29. The first-order chi connectivity index (χ1) is 13.8. The van der Waals surface area contributed by atoms with Crippen LogP contribution in [0.4, 0.5) is 5.69 Å². The summed E-state index contributed by atoms with van der Waals surface area (Å²) in [6, 6.07) is 5.34. The summed E-state index contributed by atoms with van der Waals surface area (Å²) in [4.78, 5) is 15.1. The van der Waals surface area contributed by atoms with Crippen molar-refractivity contribution in [3.8, 4) is 0 Å². The fraction of sp³-hybridized carbons (Fsp3) is 0.682. The summed E-state index contributed by atoms with van der Waals surface area (Å²) < 4.78 is 26.4. The Labute approximate surface area is 175 Å². The molecule has 0 saturated carbocycles. The molecule has 1 aromatic rings. The van der Waals surface area contributed by atoms with Crippen LogP contribution in [0.2, 0.25) is 0 Å². The van der Waals surface area contributed by atoms with E-state index in [2.05, 4.69) is 24.1 Å². The Morgan fingerprint density at radius 2 is 1.90 bits per heavy atom. The van der Waals surface area contributed by atoms with Crippen LogP contribution in [0.25, 0.3) is 0 Å². The number of hydrogen-bond acceptors (Lipinski definition) is 4. The van der Waals surface area contributed by atoms with Crippen LogP contribution in [0.5, 0.6) is 0 Å². The molecule has 6 nitrogen and oxygen atoms in total. The molecular weight excluding hydrogens is 386 g/mol. The molecule has 162 valence electrons. The Morgan fingerprint density at radius 3 is 2.59 bits per heavy atom. The van der Waals surface area contributed by atoms with E-state index in [1.54, 1.807) is 12.1 Å². The van der Waals surface area contributed by atoms with Crippen molar-refractivity contribution in [3.05, 3.63) is 29.3 Å². The van der Waals surface area contributed by atoms with Crippen LogP contribution in [-0.2, 0) is 10.0 Å². The SMILES string of the molecule is Cc1ccc(C(=O)NCCCN2C[C@H](C)C[C@H](C)C2)cc1N1CCCCS1(=O)=O. The second-order valence-corrected chi connectivity index (χ2v) is 10.9. The summed E-state index contributed by atoms with van der Waals surface area (Å²) in [5.41, 5.74) is 2.03. The van der Waals surface area contributed by atoms with Crippen molar-refractivity contribution in [2.24, 2.45) is 11.8 Å². The highest BCUT2D eigenvalue weighted by Gasteiger charge is 2.27. The number of hydrogen-bond donors (Lipinski definition) is 1. The molecule has 0 spiro atoms. The van der Waals surface area contributed by atoms with Gasteiger partial charge >= 0.3 is 0 Å². The third-order valence-corrected chi connectivity index (χ3v) is 7.83. The maximum absolute atomic E-state index is 12.6. The molecule has 0 aliphatic carbocycles. The minimum absolute atomic E-state index is 0.138. The smallest absolute Gasteiger partial charge is 0.251 e. The van der Waals surface area contributed by atoms with Gasteiger partial charge in [-0.2, -0.15) is 0 Å². The Morgan fingerprint density at radius 1 is 1.17 bits per heavy atom. The molecular formula is C22H35N3O3S. The molecule has 1 N–H and O–H groups in total. The minimum Gasteiger partial charge on any atom is -0.352 e. The van der Waals surface area contributed by atoms with Crippen LogP contribution in [-0.4, -0.2) is 57.7 Å². The predicted molar refractivity (Wildman–Crippen MR) is 118 cm³/mol. The average molecular weight is 422 g/mol. The van der Waals surface area contributed by atoms with Gasteiger partial charge in [-0.25, -0.2) is 8.42 Å². The second-order valence-electron chi connectivity index (χ2n) is 8.91. The van der Waals surface area contributed by atoms with Gasteiger partial charge in [-0.15, -0.1) is 0 Å². The Balaban J connectivity index is 1.56. The average Bonchev–Trinajstić information content (AvgIpc) is 2.65. The van der Waals surface area contributed by atoms with Crippen molar-refractivity contribution < 1.29 is 13.2 Å². The number of anilines is 1. The number of benzene rings is 1. The monoisotopic (exact) mass is 421 g/mol. The first kappa shape index (κ1) is 22.1. The zero-order valence-electron chi connectivity index (χ0n) is 18.0. The third kappa shape index (κ3) is 5.72. The third-order valence-electron chi connectivity index (χ3n) is 5.97. The Bertz CT molecular complexity index is 815. The first-order valence-corrected chi connectivity index (χ1v) is 12.5. The van der Waals surface area contributed by atoms with Gasteiger partial charge in [0.2, 0.25) is 10.0 Å². The highest BCUT2D eigenvalue weighted by atomic mass is 32.2. The first-order valence-electron chi connectivity index (χ1n) is 10.9. The van der Waals surface area contributed by atoms with Gasteiger partial charge in [0, 0.05) is 31.7 Å². The van der Waals surface area contributed by atoms with Gasteiger partial charge in [0.15, 0.2) is 0 Å². The van der Waals surface area contributed by atoms with Crippen molar-refractivity contribution in [1.29, 1.82) is 0 Å². The zero-order chi connectivity index (χ0) is 21.0. The molecule has 0 aromatic heterocycles. The van der Waals surface area contributed by atoms with E-state index in [4.69, 9.17) is 0 Å². The van der Waals surface area contributed by atoms with Gasteiger partial charge < -0.3 is 10.2 Å². The van der Waals surface area contributed by atoms with Gasteiger partial charge in [-0.05, 0) is 68.7 Å². The molecule has 7 heteroatoms. The van der Waals surface area contributed by atoms with Gasteiger partial charge in [-0.3, -0.25) is 9.10 Å². The number of nitrogens with one attached hydrogen (secondary N) is 1. The molecule has 29 heavy (non-hydrogen) atoms. The molecule has 2 fully saturated rings. The lowest BCUT2D eigenvalue weighted by Crippen LogP contribution is -2.40. The number of sulfonamides is 1. The summed E-state index contributed by atoms with van der Waals surface area (Å²) in [5, 5.41) is 3.00. The summed E-state index contributed by atoms with van der Waals surface area (Å²) in [6.45, 7) is 10.9.